The highest BCUT2D eigenvalue weighted by Gasteiger charge is 2.19. The zero-order chi connectivity index (χ0) is 14.5. The summed E-state index contributed by atoms with van der Waals surface area (Å²) in [6.45, 7) is 8.81. The molecule has 1 heterocycles. The Bertz CT molecular complexity index is 405. The molecule has 0 atom stereocenters. The number of rotatable bonds is 6. The largest absolute Gasteiger partial charge is 0.310 e. The average molecular weight is 295 g/mol. The van der Waals surface area contributed by atoms with Crippen LogP contribution in [0.5, 0.6) is 0 Å². The molecule has 0 spiro atoms. The lowest BCUT2D eigenvalue weighted by Gasteiger charge is -2.31. The molecule has 0 saturated heterocycles. The molecule has 0 unspecified atom stereocenters. The van der Waals surface area contributed by atoms with E-state index in [9.17, 15) is 0 Å². The zero-order valence-corrected chi connectivity index (χ0v) is 14.4. The zero-order valence-electron chi connectivity index (χ0n) is 13.5. The lowest BCUT2D eigenvalue weighted by Crippen LogP contribution is -2.32. The van der Waals surface area contributed by atoms with Crippen LogP contribution in [0.15, 0.2) is 6.07 Å². The third-order valence-electron chi connectivity index (χ3n) is 4.37. The summed E-state index contributed by atoms with van der Waals surface area (Å²) in [5.41, 5.74) is 1.53. The molecule has 114 valence electrons. The van der Waals surface area contributed by atoms with E-state index >= 15 is 0 Å². The molecule has 1 N–H and O–H groups in total. The van der Waals surface area contributed by atoms with Crippen molar-refractivity contribution in [3.05, 3.63) is 21.4 Å². The predicted octanol–water partition coefficient (Wildman–Crippen LogP) is 4.32. The van der Waals surface area contributed by atoms with Crippen molar-refractivity contribution in [1.82, 2.24) is 10.2 Å². The van der Waals surface area contributed by atoms with Crippen LogP contribution in [0.1, 0.15) is 61.3 Å². The van der Waals surface area contributed by atoms with Gasteiger partial charge in [0, 0.05) is 34.9 Å². The summed E-state index contributed by atoms with van der Waals surface area (Å²) in [4.78, 5) is 5.55. The number of aryl methyl sites for hydroxylation is 1. The van der Waals surface area contributed by atoms with Crippen molar-refractivity contribution in [2.24, 2.45) is 0 Å². The van der Waals surface area contributed by atoms with Crippen LogP contribution in [0.3, 0.4) is 0 Å². The molecule has 2 rings (SSSR count). The second-order valence-corrected chi connectivity index (χ2v) is 7.88. The molecule has 0 aliphatic heterocycles. The fourth-order valence-electron chi connectivity index (χ4n) is 3.06. The van der Waals surface area contributed by atoms with E-state index in [1.54, 1.807) is 0 Å². The predicted molar refractivity (Wildman–Crippen MR) is 89.4 cm³/mol. The second-order valence-electron chi connectivity index (χ2n) is 6.54. The van der Waals surface area contributed by atoms with Gasteiger partial charge in [0.25, 0.3) is 0 Å². The molecule has 1 aromatic heterocycles. The first kappa shape index (κ1) is 16.0. The summed E-state index contributed by atoms with van der Waals surface area (Å²) in [5, 5.41) is 3.52. The van der Waals surface area contributed by atoms with Crippen molar-refractivity contribution >= 4 is 11.3 Å². The highest BCUT2D eigenvalue weighted by Crippen LogP contribution is 2.26. The van der Waals surface area contributed by atoms with Crippen molar-refractivity contribution in [2.75, 3.05) is 7.05 Å². The van der Waals surface area contributed by atoms with Crippen LogP contribution < -0.4 is 5.32 Å². The lowest BCUT2D eigenvalue weighted by atomic mass is 9.94. The summed E-state index contributed by atoms with van der Waals surface area (Å²) in [5.74, 6) is 0. The quantitative estimate of drug-likeness (QED) is 0.840. The molecule has 3 heteroatoms. The number of hydrogen-bond donors (Lipinski definition) is 1. The van der Waals surface area contributed by atoms with E-state index in [0.29, 0.717) is 6.04 Å². The molecular formula is C17H30N2S. The maximum absolute atomic E-state index is 3.52. The van der Waals surface area contributed by atoms with Gasteiger partial charge in [-0.05, 0) is 38.4 Å². The normalized spacial score (nSPS) is 17.3. The smallest absolute Gasteiger partial charge is 0.0302 e. The Morgan fingerprint density at radius 1 is 1.30 bits per heavy atom. The number of thiophene rings is 1. The molecule has 20 heavy (non-hydrogen) atoms. The summed E-state index contributed by atoms with van der Waals surface area (Å²) in [7, 11) is 2.30. The Labute approximate surface area is 128 Å². The maximum Gasteiger partial charge on any atom is 0.0302 e. The van der Waals surface area contributed by atoms with Crippen molar-refractivity contribution in [3.63, 3.8) is 0 Å². The monoisotopic (exact) mass is 294 g/mol. The van der Waals surface area contributed by atoms with E-state index in [2.05, 4.69) is 44.1 Å². The van der Waals surface area contributed by atoms with Gasteiger partial charge in [-0.2, -0.15) is 0 Å². The van der Waals surface area contributed by atoms with E-state index in [1.807, 2.05) is 11.3 Å². The summed E-state index contributed by atoms with van der Waals surface area (Å²) < 4.78 is 0. The Morgan fingerprint density at radius 2 is 2.00 bits per heavy atom. The second kappa shape index (κ2) is 7.58. The molecule has 1 aliphatic carbocycles. The van der Waals surface area contributed by atoms with Crippen LogP contribution in [-0.2, 0) is 13.1 Å². The van der Waals surface area contributed by atoms with Gasteiger partial charge < -0.3 is 5.32 Å². The van der Waals surface area contributed by atoms with Gasteiger partial charge >= 0.3 is 0 Å². The molecule has 2 nitrogen and oxygen atoms in total. The van der Waals surface area contributed by atoms with Crippen LogP contribution in [0.2, 0.25) is 0 Å². The van der Waals surface area contributed by atoms with Gasteiger partial charge in [-0.15, -0.1) is 11.3 Å². The first-order valence-electron chi connectivity index (χ1n) is 8.08. The molecule has 1 aromatic rings. The highest BCUT2D eigenvalue weighted by molar-refractivity contribution is 7.12. The van der Waals surface area contributed by atoms with Crippen LogP contribution in [0.4, 0.5) is 0 Å². The van der Waals surface area contributed by atoms with Gasteiger partial charge in [0.05, 0.1) is 0 Å². The Balaban J connectivity index is 1.91. The van der Waals surface area contributed by atoms with Gasteiger partial charge in [-0.1, -0.05) is 33.1 Å². The number of nitrogens with zero attached hydrogens (tertiary/aromatic N) is 1. The van der Waals surface area contributed by atoms with Crippen molar-refractivity contribution < 1.29 is 0 Å². The van der Waals surface area contributed by atoms with E-state index in [0.717, 1.165) is 19.1 Å². The molecule has 0 amide bonds. The fourth-order valence-corrected chi connectivity index (χ4v) is 4.06. The standard InChI is InChI=1S/C17H30N2S/c1-13(2)18-11-17-10-15(14(3)20-17)12-19(4)16-8-6-5-7-9-16/h10,13,16,18H,5-9,11-12H2,1-4H3. The summed E-state index contributed by atoms with van der Waals surface area (Å²) in [6, 6.07) is 3.78. The third-order valence-corrected chi connectivity index (χ3v) is 5.47. The number of nitrogens with one attached hydrogen (secondary N) is 1. The van der Waals surface area contributed by atoms with E-state index < -0.39 is 0 Å². The van der Waals surface area contributed by atoms with Crippen LogP contribution >= 0.6 is 11.3 Å². The van der Waals surface area contributed by atoms with Crippen molar-refractivity contribution in [2.45, 2.75) is 78.0 Å². The Kier molecular flexibility index (Phi) is 6.06. The molecular weight excluding hydrogens is 264 g/mol. The van der Waals surface area contributed by atoms with Crippen molar-refractivity contribution in [3.8, 4) is 0 Å². The van der Waals surface area contributed by atoms with E-state index in [1.165, 1.54) is 47.4 Å². The van der Waals surface area contributed by atoms with Gasteiger partial charge in [-0.3, -0.25) is 4.90 Å². The van der Waals surface area contributed by atoms with Gasteiger partial charge in [0.15, 0.2) is 0 Å². The van der Waals surface area contributed by atoms with Crippen LogP contribution in [-0.4, -0.2) is 24.0 Å². The first-order chi connectivity index (χ1) is 9.56. The first-order valence-corrected chi connectivity index (χ1v) is 8.89. The van der Waals surface area contributed by atoms with Crippen LogP contribution in [0, 0.1) is 6.92 Å². The minimum atomic E-state index is 0.561. The fraction of sp³-hybridized carbons (Fsp3) is 0.765. The minimum Gasteiger partial charge on any atom is -0.310 e. The van der Waals surface area contributed by atoms with Crippen molar-refractivity contribution in [1.29, 1.82) is 0 Å². The molecule has 0 bridgehead atoms. The van der Waals surface area contributed by atoms with E-state index in [-0.39, 0.29) is 0 Å². The minimum absolute atomic E-state index is 0.561. The lowest BCUT2D eigenvalue weighted by molar-refractivity contribution is 0.184. The van der Waals surface area contributed by atoms with Gasteiger partial charge in [0.2, 0.25) is 0 Å². The molecule has 1 fully saturated rings. The maximum atomic E-state index is 3.52. The average Bonchev–Trinajstić information content (AvgIpc) is 2.78. The third kappa shape index (κ3) is 4.57. The van der Waals surface area contributed by atoms with Gasteiger partial charge in [-0.25, -0.2) is 0 Å². The topological polar surface area (TPSA) is 15.3 Å². The Morgan fingerprint density at radius 3 is 2.65 bits per heavy atom. The highest BCUT2D eigenvalue weighted by atomic mass is 32.1. The van der Waals surface area contributed by atoms with Crippen LogP contribution in [0.25, 0.3) is 0 Å². The molecule has 1 aliphatic rings. The molecule has 1 saturated carbocycles. The number of hydrogen-bond acceptors (Lipinski definition) is 3. The molecule has 0 aromatic carbocycles. The summed E-state index contributed by atoms with van der Waals surface area (Å²) in [6.07, 6.45) is 7.05. The Hall–Kier alpha value is -0.380. The SMILES string of the molecule is Cc1sc(CNC(C)C)cc1CN(C)C1CCCCC1. The van der Waals surface area contributed by atoms with E-state index in [4.69, 9.17) is 0 Å². The van der Waals surface area contributed by atoms with Gasteiger partial charge in [0.1, 0.15) is 0 Å². The summed E-state index contributed by atoms with van der Waals surface area (Å²) >= 11 is 1.96. The molecule has 0 radical (unpaired) electrons.